The van der Waals surface area contributed by atoms with E-state index in [1.54, 1.807) is 19.1 Å². The maximum absolute atomic E-state index is 12.5. The number of carbonyl (C=O) groups is 1. The normalized spacial score (nSPS) is 10.6. The third-order valence-corrected chi connectivity index (χ3v) is 3.66. The lowest BCUT2D eigenvalue weighted by Gasteiger charge is -2.05. The average Bonchev–Trinajstić information content (AvgIpc) is 3.30. The Morgan fingerprint density at radius 1 is 1.26 bits per heavy atom. The molecule has 0 fully saturated rings. The van der Waals surface area contributed by atoms with Crippen molar-refractivity contribution in [2.75, 3.05) is 6.61 Å². The molecule has 0 aliphatic heterocycles. The molecule has 11 heteroatoms. The Balaban J connectivity index is 2.24. The van der Waals surface area contributed by atoms with Crippen molar-refractivity contribution in [2.24, 2.45) is 0 Å². The quantitative estimate of drug-likeness (QED) is 0.392. The zero-order valence-electron chi connectivity index (χ0n) is 13.9. The van der Waals surface area contributed by atoms with Crippen molar-refractivity contribution >= 4 is 17.3 Å². The second-order valence-corrected chi connectivity index (χ2v) is 5.24. The number of ether oxygens (including phenoxy) is 1. The fraction of sp³-hybridized carbons (Fsp3) is 0.125. The van der Waals surface area contributed by atoms with Gasteiger partial charge in [-0.05, 0) is 25.1 Å². The summed E-state index contributed by atoms with van der Waals surface area (Å²) in [6, 6.07) is 6.24. The first-order valence-electron chi connectivity index (χ1n) is 7.66. The van der Waals surface area contributed by atoms with Crippen molar-refractivity contribution in [1.82, 2.24) is 10.2 Å². The summed E-state index contributed by atoms with van der Waals surface area (Å²) in [5.74, 6) is -0.485. The number of nitro groups is 2. The number of aromatic amines is 1. The summed E-state index contributed by atoms with van der Waals surface area (Å²) in [5.41, 5.74) is -1.04. The number of non-ortho nitro benzene ring substituents is 1. The number of benzene rings is 1. The number of nitro benzene ring substituents is 2. The van der Waals surface area contributed by atoms with Crippen LogP contribution >= 0.6 is 0 Å². The van der Waals surface area contributed by atoms with Crippen LogP contribution in [0.3, 0.4) is 0 Å². The van der Waals surface area contributed by atoms with E-state index in [1.807, 2.05) is 0 Å². The van der Waals surface area contributed by atoms with E-state index in [0.717, 1.165) is 12.1 Å². The van der Waals surface area contributed by atoms with Crippen molar-refractivity contribution in [3.8, 4) is 22.7 Å². The molecule has 0 radical (unpaired) electrons. The molecular formula is C16H12N4O7. The molecule has 3 aromatic rings. The molecule has 0 amide bonds. The summed E-state index contributed by atoms with van der Waals surface area (Å²) < 4.78 is 10.3. The van der Waals surface area contributed by atoms with Crippen LogP contribution in [0.15, 0.2) is 41.0 Å². The molecule has 0 saturated carbocycles. The average molecular weight is 372 g/mol. The summed E-state index contributed by atoms with van der Waals surface area (Å²) in [4.78, 5) is 33.3. The van der Waals surface area contributed by atoms with Crippen molar-refractivity contribution in [3.05, 3.63) is 62.4 Å². The Bertz CT molecular complexity index is 1020. The maximum atomic E-state index is 12.5. The van der Waals surface area contributed by atoms with E-state index in [9.17, 15) is 25.0 Å². The number of carbonyl (C=O) groups excluding carboxylic acids is 1. The van der Waals surface area contributed by atoms with Crippen LogP contribution in [-0.2, 0) is 4.74 Å². The van der Waals surface area contributed by atoms with Gasteiger partial charge in [0.15, 0.2) is 5.76 Å². The number of nitrogens with zero attached hydrogens (tertiary/aromatic N) is 3. The predicted molar refractivity (Wildman–Crippen MR) is 91.0 cm³/mol. The lowest BCUT2D eigenvalue weighted by atomic mass is 10.0. The third-order valence-electron chi connectivity index (χ3n) is 3.66. The molecule has 138 valence electrons. The zero-order valence-corrected chi connectivity index (χ0v) is 13.9. The fourth-order valence-electron chi connectivity index (χ4n) is 2.52. The smallest absolute Gasteiger partial charge is 0.342 e. The van der Waals surface area contributed by atoms with Gasteiger partial charge in [-0.15, -0.1) is 0 Å². The number of aromatic nitrogens is 2. The van der Waals surface area contributed by atoms with E-state index >= 15 is 0 Å². The largest absolute Gasteiger partial charge is 0.463 e. The molecule has 11 nitrogen and oxygen atoms in total. The molecule has 2 heterocycles. The Morgan fingerprint density at radius 3 is 2.63 bits per heavy atom. The Kier molecular flexibility index (Phi) is 4.66. The molecule has 0 spiro atoms. The molecule has 0 aliphatic rings. The molecule has 0 bridgehead atoms. The summed E-state index contributed by atoms with van der Waals surface area (Å²) in [6.07, 6.45) is 1.39. The maximum Gasteiger partial charge on any atom is 0.342 e. The van der Waals surface area contributed by atoms with Crippen LogP contribution in [0.2, 0.25) is 0 Å². The molecule has 1 N–H and O–H groups in total. The summed E-state index contributed by atoms with van der Waals surface area (Å²) >= 11 is 0. The van der Waals surface area contributed by atoms with Gasteiger partial charge < -0.3 is 9.15 Å². The van der Waals surface area contributed by atoms with Gasteiger partial charge in [0, 0.05) is 6.07 Å². The summed E-state index contributed by atoms with van der Waals surface area (Å²) in [7, 11) is 0. The number of H-pyrrole nitrogens is 1. The van der Waals surface area contributed by atoms with Crippen LogP contribution in [-0.4, -0.2) is 32.6 Å². The number of hydrogen-bond donors (Lipinski definition) is 1. The molecule has 0 aliphatic carbocycles. The SMILES string of the molecule is CCOC(=O)c1c(-c2ccc([N+](=O)[O-])cc2[N+](=O)[O-])n[nH]c1-c1ccco1. The van der Waals surface area contributed by atoms with Crippen LogP contribution in [0, 0.1) is 20.2 Å². The van der Waals surface area contributed by atoms with Crippen LogP contribution < -0.4 is 0 Å². The number of furan rings is 1. The second kappa shape index (κ2) is 7.07. The van der Waals surface area contributed by atoms with E-state index in [1.165, 1.54) is 12.3 Å². The van der Waals surface area contributed by atoms with Crippen LogP contribution in [0.1, 0.15) is 17.3 Å². The summed E-state index contributed by atoms with van der Waals surface area (Å²) in [5, 5.41) is 29.0. The summed E-state index contributed by atoms with van der Waals surface area (Å²) in [6.45, 7) is 1.68. The highest BCUT2D eigenvalue weighted by molar-refractivity contribution is 6.02. The van der Waals surface area contributed by atoms with Gasteiger partial charge in [-0.2, -0.15) is 5.10 Å². The molecule has 0 atom stereocenters. The number of hydrogen-bond acceptors (Lipinski definition) is 8. The fourth-order valence-corrected chi connectivity index (χ4v) is 2.52. The lowest BCUT2D eigenvalue weighted by molar-refractivity contribution is -0.393. The van der Waals surface area contributed by atoms with Crippen molar-refractivity contribution < 1.29 is 23.8 Å². The molecule has 2 aromatic heterocycles. The van der Waals surface area contributed by atoms with E-state index in [2.05, 4.69) is 10.2 Å². The molecule has 1 aromatic carbocycles. The van der Waals surface area contributed by atoms with Crippen LogP contribution in [0.4, 0.5) is 11.4 Å². The number of esters is 1. The minimum Gasteiger partial charge on any atom is -0.463 e. The third kappa shape index (κ3) is 3.25. The van der Waals surface area contributed by atoms with E-state index in [-0.39, 0.29) is 34.9 Å². The minimum absolute atomic E-state index is 0.0660. The van der Waals surface area contributed by atoms with Crippen molar-refractivity contribution in [1.29, 1.82) is 0 Å². The highest BCUT2D eigenvalue weighted by Gasteiger charge is 2.30. The van der Waals surface area contributed by atoms with E-state index in [0.29, 0.717) is 0 Å². The van der Waals surface area contributed by atoms with Crippen LogP contribution in [0.5, 0.6) is 0 Å². The minimum atomic E-state index is -0.779. The van der Waals surface area contributed by atoms with Gasteiger partial charge in [-0.3, -0.25) is 25.3 Å². The number of nitrogens with one attached hydrogen (secondary N) is 1. The zero-order chi connectivity index (χ0) is 19.6. The van der Waals surface area contributed by atoms with Gasteiger partial charge in [0.1, 0.15) is 17.0 Å². The Labute approximate surface area is 150 Å². The first-order chi connectivity index (χ1) is 12.9. The predicted octanol–water partition coefficient (Wildman–Crippen LogP) is 3.33. The standard InChI is InChI=1S/C16H12N4O7/c1-2-26-16(21)13-14(17-18-15(13)12-4-3-7-27-12)10-6-5-9(19(22)23)8-11(10)20(24)25/h3-8H,2H2,1H3,(H,17,18). The highest BCUT2D eigenvalue weighted by Crippen LogP contribution is 2.37. The highest BCUT2D eigenvalue weighted by atomic mass is 16.6. The Hall–Kier alpha value is -4.02. The van der Waals surface area contributed by atoms with E-state index < -0.39 is 27.2 Å². The topological polar surface area (TPSA) is 154 Å². The van der Waals surface area contributed by atoms with Crippen molar-refractivity contribution in [3.63, 3.8) is 0 Å². The Morgan fingerprint density at radius 2 is 2.04 bits per heavy atom. The van der Waals surface area contributed by atoms with Gasteiger partial charge in [-0.25, -0.2) is 4.79 Å². The molecular weight excluding hydrogens is 360 g/mol. The van der Waals surface area contributed by atoms with Gasteiger partial charge in [0.05, 0.1) is 34.3 Å². The van der Waals surface area contributed by atoms with E-state index in [4.69, 9.17) is 9.15 Å². The molecule has 0 unspecified atom stereocenters. The first kappa shape index (κ1) is 17.8. The molecule has 3 rings (SSSR count). The number of rotatable bonds is 6. The monoisotopic (exact) mass is 372 g/mol. The van der Waals surface area contributed by atoms with Gasteiger partial charge in [0.25, 0.3) is 11.4 Å². The van der Waals surface area contributed by atoms with Gasteiger partial charge in [-0.1, -0.05) is 0 Å². The van der Waals surface area contributed by atoms with Gasteiger partial charge in [0.2, 0.25) is 0 Å². The first-order valence-corrected chi connectivity index (χ1v) is 7.66. The molecule has 0 saturated heterocycles. The lowest BCUT2D eigenvalue weighted by Crippen LogP contribution is -2.07. The second-order valence-electron chi connectivity index (χ2n) is 5.24. The molecule has 27 heavy (non-hydrogen) atoms. The van der Waals surface area contributed by atoms with Gasteiger partial charge >= 0.3 is 5.97 Å². The van der Waals surface area contributed by atoms with Crippen molar-refractivity contribution in [2.45, 2.75) is 6.92 Å². The van der Waals surface area contributed by atoms with Crippen LogP contribution in [0.25, 0.3) is 22.7 Å².